The Bertz CT molecular complexity index is 1280. The number of para-hydroxylation sites is 2. The number of piperidine rings is 1. The Morgan fingerprint density at radius 2 is 1.81 bits per heavy atom. The minimum atomic E-state index is -0.971. The number of anilines is 1. The molecule has 1 saturated heterocycles. The summed E-state index contributed by atoms with van der Waals surface area (Å²) in [6, 6.07) is 17.0. The number of H-pyrrole nitrogens is 1. The van der Waals surface area contributed by atoms with E-state index in [0.29, 0.717) is 31.9 Å². The molecule has 3 fully saturated rings. The molecule has 2 heterocycles. The number of rotatable bonds is 6. The predicted octanol–water partition coefficient (Wildman–Crippen LogP) is 3.59. The molecular weight excluding hydrogens is 458 g/mol. The standard InChI is InChI=1S/C27H29N5O4/c33-22(30-24-28-20-10-4-5-11-21(20)29-24)26-14-19(26)15-32(17-26)23(34)27(12-6-7-13-27)31-25(35)36-16-18-8-2-1-3-9-18/h1-5,8-11,19H,6-7,12-17H2,(H,31,35)(H2,28,29,30,33)/t19?,26-/m1/s1. The molecule has 3 amide bonds. The fourth-order valence-electron chi connectivity index (χ4n) is 5.86. The lowest BCUT2D eigenvalue weighted by atomic mass is 9.95. The van der Waals surface area contributed by atoms with Crippen LogP contribution in [0.3, 0.4) is 0 Å². The average Bonchev–Trinajstić information content (AvgIpc) is 3.25. The van der Waals surface area contributed by atoms with Gasteiger partial charge in [-0.1, -0.05) is 55.3 Å². The monoisotopic (exact) mass is 487 g/mol. The first-order valence-electron chi connectivity index (χ1n) is 12.5. The van der Waals surface area contributed by atoms with Gasteiger partial charge in [0.2, 0.25) is 17.8 Å². The molecule has 2 atom stereocenters. The van der Waals surface area contributed by atoms with Gasteiger partial charge in [0.05, 0.1) is 16.4 Å². The minimum absolute atomic E-state index is 0.111. The summed E-state index contributed by atoms with van der Waals surface area (Å²) in [5, 5.41) is 5.82. The summed E-state index contributed by atoms with van der Waals surface area (Å²) in [5.74, 6) is 0.313. The molecule has 36 heavy (non-hydrogen) atoms. The molecule has 9 heteroatoms. The fourth-order valence-corrected chi connectivity index (χ4v) is 5.86. The van der Waals surface area contributed by atoms with Crippen LogP contribution in [-0.2, 0) is 20.9 Å². The topological polar surface area (TPSA) is 116 Å². The molecule has 6 rings (SSSR count). The largest absolute Gasteiger partial charge is 0.445 e. The number of carbonyl (C=O) groups excluding carboxylic acids is 3. The number of likely N-dealkylation sites (tertiary alicyclic amines) is 1. The van der Waals surface area contributed by atoms with Gasteiger partial charge >= 0.3 is 6.09 Å². The number of imidazole rings is 1. The van der Waals surface area contributed by atoms with Gasteiger partial charge in [-0.15, -0.1) is 0 Å². The third-order valence-corrected chi connectivity index (χ3v) is 7.93. The van der Waals surface area contributed by atoms with Crippen LogP contribution in [0.4, 0.5) is 10.7 Å². The van der Waals surface area contributed by atoms with Crippen LogP contribution in [0.5, 0.6) is 0 Å². The van der Waals surface area contributed by atoms with Crippen molar-refractivity contribution in [3.8, 4) is 0 Å². The van der Waals surface area contributed by atoms with Crippen LogP contribution in [-0.4, -0.2) is 51.4 Å². The number of hydrogen-bond acceptors (Lipinski definition) is 5. The van der Waals surface area contributed by atoms with Crippen LogP contribution in [0, 0.1) is 11.3 Å². The van der Waals surface area contributed by atoms with Crippen molar-refractivity contribution in [2.75, 3.05) is 18.4 Å². The first-order valence-corrected chi connectivity index (χ1v) is 12.5. The van der Waals surface area contributed by atoms with Gasteiger partial charge < -0.3 is 19.9 Å². The maximum Gasteiger partial charge on any atom is 0.408 e. The second-order valence-electron chi connectivity index (χ2n) is 10.3. The average molecular weight is 488 g/mol. The van der Waals surface area contributed by atoms with E-state index in [0.717, 1.165) is 35.9 Å². The van der Waals surface area contributed by atoms with E-state index in [2.05, 4.69) is 20.6 Å². The van der Waals surface area contributed by atoms with Crippen molar-refractivity contribution in [2.45, 2.75) is 44.2 Å². The van der Waals surface area contributed by atoms with Crippen LogP contribution in [0.25, 0.3) is 11.0 Å². The van der Waals surface area contributed by atoms with E-state index >= 15 is 0 Å². The van der Waals surface area contributed by atoms with E-state index in [4.69, 9.17) is 4.74 Å². The lowest BCUT2D eigenvalue weighted by Gasteiger charge is -2.34. The quantitative estimate of drug-likeness (QED) is 0.491. The Morgan fingerprint density at radius 1 is 1.06 bits per heavy atom. The first-order chi connectivity index (χ1) is 17.5. The van der Waals surface area contributed by atoms with Gasteiger partial charge in [0, 0.05) is 13.1 Å². The predicted molar refractivity (Wildman–Crippen MR) is 133 cm³/mol. The van der Waals surface area contributed by atoms with Crippen LogP contribution < -0.4 is 10.6 Å². The number of amides is 3. The van der Waals surface area contributed by atoms with Crippen molar-refractivity contribution < 1.29 is 19.1 Å². The number of benzene rings is 2. The molecule has 3 aliphatic rings. The molecule has 2 saturated carbocycles. The van der Waals surface area contributed by atoms with E-state index in [9.17, 15) is 14.4 Å². The van der Waals surface area contributed by atoms with E-state index in [1.54, 1.807) is 4.90 Å². The molecule has 1 aromatic heterocycles. The molecule has 2 aromatic carbocycles. The Kier molecular flexibility index (Phi) is 5.43. The summed E-state index contributed by atoms with van der Waals surface area (Å²) in [4.78, 5) is 48.9. The summed E-state index contributed by atoms with van der Waals surface area (Å²) in [6.45, 7) is 1.02. The molecular formula is C27H29N5O4. The van der Waals surface area contributed by atoms with Crippen LogP contribution >= 0.6 is 0 Å². The van der Waals surface area contributed by atoms with Crippen molar-refractivity contribution in [2.24, 2.45) is 11.3 Å². The Balaban J connectivity index is 1.10. The highest BCUT2D eigenvalue weighted by Crippen LogP contribution is 2.58. The van der Waals surface area contributed by atoms with Crippen LogP contribution in [0.15, 0.2) is 54.6 Å². The molecule has 0 spiro atoms. The van der Waals surface area contributed by atoms with Crippen molar-refractivity contribution >= 4 is 34.9 Å². The third kappa shape index (κ3) is 3.98. The highest BCUT2D eigenvalue weighted by atomic mass is 16.5. The van der Waals surface area contributed by atoms with Gasteiger partial charge in [-0.3, -0.25) is 14.9 Å². The molecule has 9 nitrogen and oxygen atoms in total. The third-order valence-electron chi connectivity index (χ3n) is 7.93. The fraction of sp³-hybridized carbons (Fsp3) is 0.407. The summed E-state index contributed by atoms with van der Waals surface area (Å²) in [6.07, 6.45) is 3.04. The Hall–Kier alpha value is -3.88. The van der Waals surface area contributed by atoms with Gasteiger partial charge in [-0.2, -0.15) is 0 Å². The van der Waals surface area contributed by atoms with Gasteiger partial charge in [-0.05, 0) is 42.9 Å². The van der Waals surface area contributed by atoms with E-state index < -0.39 is 17.0 Å². The van der Waals surface area contributed by atoms with Gasteiger partial charge in [0.15, 0.2) is 0 Å². The second kappa shape index (κ2) is 8.65. The number of fused-ring (bicyclic) bond motifs is 2. The second-order valence-corrected chi connectivity index (χ2v) is 10.3. The zero-order chi connectivity index (χ0) is 24.8. The van der Waals surface area contributed by atoms with Crippen molar-refractivity contribution in [1.82, 2.24) is 20.2 Å². The summed E-state index contributed by atoms with van der Waals surface area (Å²) in [5.41, 5.74) is 0.962. The molecule has 186 valence electrons. The summed E-state index contributed by atoms with van der Waals surface area (Å²) in [7, 11) is 0. The number of ether oxygens (including phenoxy) is 1. The lowest BCUT2D eigenvalue weighted by molar-refractivity contribution is -0.138. The van der Waals surface area contributed by atoms with E-state index in [1.165, 1.54) is 0 Å². The lowest BCUT2D eigenvalue weighted by Crippen LogP contribution is -2.58. The molecule has 1 unspecified atom stereocenters. The number of nitrogens with zero attached hydrogens (tertiary/aromatic N) is 2. The number of hydrogen-bond donors (Lipinski definition) is 3. The molecule has 0 radical (unpaired) electrons. The number of aromatic amines is 1. The molecule has 2 aliphatic carbocycles. The zero-order valence-electron chi connectivity index (χ0n) is 20.0. The zero-order valence-corrected chi connectivity index (χ0v) is 20.0. The Morgan fingerprint density at radius 3 is 2.58 bits per heavy atom. The number of nitrogens with one attached hydrogen (secondary N) is 3. The Labute approximate surface area is 208 Å². The summed E-state index contributed by atoms with van der Waals surface area (Å²) < 4.78 is 5.41. The smallest absolute Gasteiger partial charge is 0.408 e. The van der Waals surface area contributed by atoms with Gasteiger partial charge in [-0.25, -0.2) is 9.78 Å². The van der Waals surface area contributed by atoms with Crippen molar-refractivity contribution in [3.05, 3.63) is 60.2 Å². The van der Waals surface area contributed by atoms with Gasteiger partial charge in [0.25, 0.3) is 0 Å². The molecule has 3 N–H and O–H groups in total. The van der Waals surface area contributed by atoms with Crippen molar-refractivity contribution in [1.29, 1.82) is 0 Å². The molecule has 3 aromatic rings. The van der Waals surface area contributed by atoms with Gasteiger partial charge in [0.1, 0.15) is 12.1 Å². The highest BCUT2D eigenvalue weighted by Gasteiger charge is 2.66. The maximum absolute atomic E-state index is 13.7. The van der Waals surface area contributed by atoms with Crippen molar-refractivity contribution in [3.63, 3.8) is 0 Å². The normalized spacial score (nSPS) is 23.8. The highest BCUT2D eigenvalue weighted by molar-refractivity contribution is 5.99. The maximum atomic E-state index is 13.7. The van der Waals surface area contributed by atoms with E-state index in [1.807, 2.05) is 54.6 Å². The number of alkyl carbamates (subject to hydrolysis) is 1. The number of aromatic nitrogens is 2. The van der Waals surface area contributed by atoms with E-state index in [-0.39, 0.29) is 24.3 Å². The SMILES string of the molecule is O=C(NC1(C(=O)N2CC3C[C@@]3(C(=O)Nc3nc4ccccc4[nH]3)C2)CCCC1)OCc1ccccc1. The summed E-state index contributed by atoms with van der Waals surface area (Å²) >= 11 is 0. The number of carbonyl (C=O) groups is 3. The molecule has 1 aliphatic heterocycles. The van der Waals surface area contributed by atoms with Crippen LogP contribution in [0.2, 0.25) is 0 Å². The first kappa shape index (κ1) is 22.6. The van der Waals surface area contributed by atoms with Crippen LogP contribution in [0.1, 0.15) is 37.7 Å². The minimum Gasteiger partial charge on any atom is -0.445 e. The molecule has 0 bridgehead atoms.